The fourth-order valence-corrected chi connectivity index (χ4v) is 3.06. The van der Waals surface area contributed by atoms with E-state index in [9.17, 15) is 9.90 Å². The molecule has 1 unspecified atom stereocenters. The Hall–Kier alpha value is -2.25. The van der Waals surface area contributed by atoms with Crippen molar-refractivity contribution < 1.29 is 9.90 Å². The van der Waals surface area contributed by atoms with Crippen LogP contribution in [0.4, 0.5) is 5.82 Å². The minimum absolute atomic E-state index is 0.519. The number of rotatable bonds is 4. The van der Waals surface area contributed by atoms with Crippen LogP contribution in [0, 0.1) is 0 Å². The molecule has 0 spiro atoms. The first-order valence-electron chi connectivity index (χ1n) is 6.72. The van der Waals surface area contributed by atoms with E-state index in [-0.39, 0.29) is 0 Å². The van der Waals surface area contributed by atoms with Crippen LogP contribution in [0.5, 0.6) is 0 Å². The molecule has 0 bridgehead atoms. The van der Waals surface area contributed by atoms with Crippen molar-refractivity contribution in [1.29, 1.82) is 0 Å². The van der Waals surface area contributed by atoms with E-state index >= 15 is 0 Å². The lowest BCUT2D eigenvalue weighted by molar-refractivity contribution is -0.143. The molecule has 0 saturated carbocycles. The highest BCUT2D eigenvalue weighted by Gasteiger charge is 2.48. The standard InChI is InChI=1S/C12H16N6O2/c1-2-4-12(11(19)20)5-3-6-17(12)10-8-13-7-9-14-15-16-18(9)10/h7-8H,2-6H2,1H3,(H,19,20). The average Bonchev–Trinajstić information content (AvgIpc) is 3.05. The van der Waals surface area contributed by atoms with Crippen molar-refractivity contribution in [3.05, 3.63) is 12.4 Å². The number of nitrogens with zero attached hydrogens (tertiary/aromatic N) is 6. The molecule has 3 rings (SSSR count). The largest absolute Gasteiger partial charge is 0.479 e. The molecule has 8 nitrogen and oxygen atoms in total. The number of hydrogen-bond donors (Lipinski definition) is 1. The van der Waals surface area contributed by atoms with Crippen LogP contribution < -0.4 is 4.90 Å². The number of hydrogen-bond acceptors (Lipinski definition) is 6. The van der Waals surface area contributed by atoms with E-state index in [2.05, 4.69) is 20.5 Å². The van der Waals surface area contributed by atoms with Gasteiger partial charge in [0, 0.05) is 6.54 Å². The zero-order chi connectivity index (χ0) is 14.2. The van der Waals surface area contributed by atoms with Crippen LogP contribution in [-0.2, 0) is 4.79 Å². The van der Waals surface area contributed by atoms with Gasteiger partial charge in [-0.05, 0) is 29.7 Å². The molecule has 3 heterocycles. The van der Waals surface area contributed by atoms with E-state index in [0.29, 0.717) is 30.9 Å². The molecule has 1 fully saturated rings. The Labute approximate surface area is 115 Å². The minimum Gasteiger partial charge on any atom is -0.479 e. The summed E-state index contributed by atoms with van der Waals surface area (Å²) in [5, 5.41) is 21.1. The fourth-order valence-electron chi connectivity index (χ4n) is 3.06. The molecule has 1 aliphatic rings. The Balaban J connectivity index is 2.12. The zero-order valence-corrected chi connectivity index (χ0v) is 11.2. The molecule has 1 N–H and O–H groups in total. The highest BCUT2D eigenvalue weighted by atomic mass is 16.4. The van der Waals surface area contributed by atoms with E-state index in [1.807, 2.05) is 11.8 Å². The molecule has 20 heavy (non-hydrogen) atoms. The van der Waals surface area contributed by atoms with E-state index in [4.69, 9.17) is 0 Å². The van der Waals surface area contributed by atoms with Gasteiger partial charge in [0.1, 0.15) is 5.54 Å². The first kappa shape index (κ1) is 12.8. The summed E-state index contributed by atoms with van der Waals surface area (Å²) in [7, 11) is 0. The molecule has 2 aromatic rings. The summed E-state index contributed by atoms with van der Waals surface area (Å²) in [6.45, 7) is 2.67. The van der Waals surface area contributed by atoms with Crippen LogP contribution in [-0.4, -0.2) is 48.2 Å². The fraction of sp³-hybridized carbons (Fsp3) is 0.583. The van der Waals surface area contributed by atoms with Gasteiger partial charge in [-0.3, -0.25) is 4.98 Å². The lowest BCUT2D eigenvalue weighted by Crippen LogP contribution is -2.51. The van der Waals surface area contributed by atoms with Crippen molar-refractivity contribution in [3.63, 3.8) is 0 Å². The molecular formula is C12H16N6O2. The number of aromatic nitrogens is 5. The Morgan fingerprint density at radius 3 is 3.10 bits per heavy atom. The summed E-state index contributed by atoms with van der Waals surface area (Å²) in [6, 6.07) is 0. The molecule has 0 aliphatic carbocycles. The predicted molar refractivity (Wildman–Crippen MR) is 70.4 cm³/mol. The molecule has 0 radical (unpaired) electrons. The van der Waals surface area contributed by atoms with Crippen molar-refractivity contribution in [2.45, 2.75) is 38.1 Å². The number of tetrazole rings is 1. The number of carboxylic acid groups (broad SMARTS) is 1. The average molecular weight is 276 g/mol. The van der Waals surface area contributed by atoms with Crippen LogP contribution in [0.2, 0.25) is 0 Å². The van der Waals surface area contributed by atoms with Crippen LogP contribution >= 0.6 is 0 Å². The molecule has 8 heteroatoms. The van der Waals surface area contributed by atoms with Gasteiger partial charge in [-0.2, -0.15) is 4.52 Å². The lowest BCUT2D eigenvalue weighted by Gasteiger charge is -2.35. The molecule has 2 aromatic heterocycles. The third kappa shape index (κ3) is 1.71. The van der Waals surface area contributed by atoms with Gasteiger partial charge in [0.05, 0.1) is 12.4 Å². The molecule has 1 aliphatic heterocycles. The summed E-state index contributed by atoms with van der Waals surface area (Å²) in [5.41, 5.74) is -0.360. The van der Waals surface area contributed by atoms with E-state index in [1.165, 1.54) is 0 Å². The normalized spacial score (nSPS) is 22.6. The summed E-state index contributed by atoms with van der Waals surface area (Å²) < 4.78 is 1.55. The maximum Gasteiger partial charge on any atom is 0.329 e. The topological polar surface area (TPSA) is 96.5 Å². The van der Waals surface area contributed by atoms with Crippen molar-refractivity contribution in [2.75, 3.05) is 11.4 Å². The van der Waals surface area contributed by atoms with Crippen LogP contribution in [0.15, 0.2) is 12.4 Å². The van der Waals surface area contributed by atoms with E-state index in [1.54, 1.807) is 16.9 Å². The summed E-state index contributed by atoms with van der Waals surface area (Å²) >= 11 is 0. The Bertz CT molecular complexity index is 642. The molecule has 1 saturated heterocycles. The van der Waals surface area contributed by atoms with Gasteiger partial charge in [-0.25, -0.2) is 4.79 Å². The molecule has 1 atom stereocenters. The second-order valence-corrected chi connectivity index (χ2v) is 5.06. The smallest absolute Gasteiger partial charge is 0.329 e. The van der Waals surface area contributed by atoms with Crippen molar-refractivity contribution in [2.24, 2.45) is 0 Å². The number of anilines is 1. The quantitative estimate of drug-likeness (QED) is 0.879. The van der Waals surface area contributed by atoms with E-state index in [0.717, 1.165) is 12.8 Å². The monoisotopic (exact) mass is 276 g/mol. The zero-order valence-electron chi connectivity index (χ0n) is 11.2. The SMILES string of the molecule is CCCC1(C(=O)O)CCCN1c1cncc2nnnn12. The number of carboxylic acids is 1. The van der Waals surface area contributed by atoms with Gasteiger partial charge in [0.25, 0.3) is 0 Å². The first-order chi connectivity index (χ1) is 9.69. The van der Waals surface area contributed by atoms with Crippen molar-refractivity contribution >= 4 is 17.4 Å². The second kappa shape index (κ2) is 4.69. The summed E-state index contributed by atoms with van der Waals surface area (Å²) in [5.74, 6) is -0.150. The van der Waals surface area contributed by atoms with Crippen LogP contribution in [0.25, 0.3) is 5.65 Å². The molecular weight excluding hydrogens is 260 g/mol. The molecule has 106 valence electrons. The lowest BCUT2D eigenvalue weighted by atomic mass is 9.90. The van der Waals surface area contributed by atoms with Crippen molar-refractivity contribution in [1.82, 2.24) is 25.0 Å². The van der Waals surface area contributed by atoms with Gasteiger partial charge in [-0.1, -0.05) is 13.3 Å². The highest BCUT2D eigenvalue weighted by molar-refractivity contribution is 5.84. The maximum absolute atomic E-state index is 11.8. The number of aliphatic carboxylic acids is 1. The Morgan fingerprint density at radius 2 is 2.35 bits per heavy atom. The third-order valence-corrected chi connectivity index (χ3v) is 3.92. The molecule has 0 aromatic carbocycles. The molecule has 0 amide bonds. The first-order valence-corrected chi connectivity index (χ1v) is 6.72. The number of fused-ring (bicyclic) bond motifs is 1. The van der Waals surface area contributed by atoms with E-state index < -0.39 is 11.5 Å². The van der Waals surface area contributed by atoms with Gasteiger partial charge in [0.2, 0.25) is 0 Å². The minimum atomic E-state index is -0.878. The van der Waals surface area contributed by atoms with Gasteiger partial charge in [-0.15, -0.1) is 5.10 Å². The summed E-state index contributed by atoms with van der Waals surface area (Å²) in [6.07, 6.45) is 6.06. The van der Waals surface area contributed by atoms with Crippen LogP contribution in [0.1, 0.15) is 32.6 Å². The highest BCUT2D eigenvalue weighted by Crippen LogP contribution is 2.37. The van der Waals surface area contributed by atoms with Gasteiger partial charge >= 0.3 is 5.97 Å². The summed E-state index contributed by atoms with van der Waals surface area (Å²) in [4.78, 5) is 17.8. The Kier molecular flexibility index (Phi) is 3.00. The van der Waals surface area contributed by atoms with Gasteiger partial charge < -0.3 is 10.0 Å². The number of carbonyl (C=O) groups is 1. The predicted octanol–water partition coefficient (Wildman–Crippen LogP) is 0.743. The Morgan fingerprint density at radius 1 is 1.50 bits per heavy atom. The third-order valence-electron chi connectivity index (χ3n) is 3.92. The van der Waals surface area contributed by atoms with Gasteiger partial charge in [0.15, 0.2) is 11.5 Å². The van der Waals surface area contributed by atoms with Crippen LogP contribution in [0.3, 0.4) is 0 Å². The maximum atomic E-state index is 11.8. The van der Waals surface area contributed by atoms with Crippen molar-refractivity contribution in [3.8, 4) is 0 Å². The second-order valence-electron chi connectivity index (χ2n) is 5.06.